The predicted molar refractivity (Wildman–Crippen MR) is 167 cm³/mol. The Hall–Kier alpha value is -1.82. The summed E-state index contributed by atoms with van der Waals surface area (Å²) >= 11 is 0. The lowest BCUT2D eigenvalue weighted by molar-refractivity contribution is -0.249. The molecule has 5 aliphatic carbocycles. The Morgan fingerprint density at radius 3 is 2.30 bits per heavy atom. The SMILES string of the molecule is C=C(C)[C@@H]1CC[C@]2(COC(=O)c3ccccc3C(F)(F)F)CC[C@]3(C)[C@H](CC[C@@H]4[C@@]5(C)CC[C@H](O)C(C)(C)[C@@H]5CC[C@]43C)[C@@H]12. The van der Waals surface area contributed by atoms with Crippen LogP contribution in [0.2, 0.25) is 0 Å². The van der Waals surface area contributed by atoms with E-state index < -0.39 is 23.3 Å². The van der Waals surface area contributed by atoms with Crippen molar-refractivity contribution in [3.05, 3.63) is 47.5 Å². The number of allylic oxidation sites excluding steroid dienone is 1. The summed E-state index contributed by atoms with van der Waals surface area (Å²) in [5, 5.41) is 11.0. The van der Waals surface area contributed by atoms with Crippen LogP contribution in [0.5, 0.6) is 0 Å². The lowest BCUT2D eigenvalue weighted by Crippen LogP contribution is -2.66. The van der Waals surface area contributed by atoms with Gasteiger partial charge in [-0.3, -0.25) is 0 Å². The van der Waals surface area contributed by atoms with E-state index in [-0.39, 0.29) is 39.8 Å². The maximum Gasteiger partial charge on any atom is 0.417 e. The van der Waals surface area contributed by atoms with Gasteiger partial charge in [-0.25, -0.2) is 4.79 Å². The number of benzene rings is 1. The van der Waals surface area contributed by atoms with Crippen molar-refractivity contribution < 1.29 is 27.8 Å². The number of carbonyl (C=O) groups excluding carboxylic acids is 1. The van der Waals surface area contributed by atoms with Crippen LogP contribution >= 0.6 is 0 Å². The van der Waals surface area contributed by atoms with Gasteiger partial charge in [0.2, 0.25) is 0 Å². The number of hydrogen-bond acceptors (Lipinski definition) is 3. The largest absolute Gasteiger partial charge is 0.461 e. The van der Waals surface area contributed by atoms with Crippen molar-refractivity contribution in [3.63, 3.8) is 0 Å². The summed E-state index contributed by atoms with van der Waals surface area (Å²) < 4.78 is 47.1. The Labute approximate surface area is 262 Å². The monoisotopic (exact) mass is 614 g/mol. The number of hydrogen-bond donors (Lipinski definition) is 1. The molecule has 0 saturated heterocycles. The second-order valence-electron chi connectivity index (χ2n) is 17.0. The van der Waals surface area contributed by atoms with Crippen molar-refractivity contribution in [2.24, 2.45) is 56.7 Å². The highest BCUT2D eigenvalue weighted by Gasteiger charge is 2.71. The molecule has 0 radical (unpaired) electrons. The average Bonchev–Trinajstić information content (AvgIpc) is 3.34. The summed E-state index contributed by atoms with van der Waals surface area (Å²) in [6.45, 7) is 19.0. The highest BCUT2D eigenvalue weighted by molar-refractivity contribution is 5.91. The first kappa shape index (κ1) is 32.1. The fourth-order valence-electron chi connectivity index (χ4n) is 12.7. The molecule has 0 amide bonds. The average molecular weight is 615 g/mol. The Balaban J connectivity index is 1.31. The molecule has 0 unspecified atom stereocenters. The third-order valence-electron chi connectivity index (χ3n) is 15.2. The van der Waals surface area contributed by atoms with Crippen LogP contribution in [0.15, 0.2) is 36.4 Å². The lowest BCUT2D eigenvalue weighted by atomic mass is 9.32. The van der Waals surface area contributed by atoms with Crippen molar-refractivity contribution >= 4 is 5.97 Å². The topological polar surface area (TPSA) is 46.5 Å². The molecule has 244 valence electrons. The molecule has 5 aliphatic rings. The van der Waals surface area contributed by atoms with Crippen molar-refractivity contribution in [2.45, 2.75) is 118 Å². The van der Waals surface area contributed by atoms with Gasteiger partial charge in [-0.15, -0.1) is 0 Å². The second-order valence-corrected chi connectivity index (χ2v) is 17.0. The lowest BCUT2D eigenvalue weighted by Gasteiger charge is -2.73. The van der Waals surface area contributed by atoms with Gasteiger partial charge in [-0.1, -0.05) is 58.9 Å². The number of fused-ring (bicyclic) bond motifs is 7. The van der Waals surface area contributed by atoms with Gasteiger partial charge in [0.05, 0.1) is 23.8 Å². The summed E-state index contributed by atoms with van der Waals surface area (Å²) in [4.78, 5) is 13.2. The number of rotatable bonds is 4. The van der Waals surface area contributed by atoms with Crippen LogP contribution in [0.1, 0.15) is 122 Å². The highest BCUT2D eigenvalue weighted by atomic mass is 19.4. The fourth-order valence-corrected chi connectivity index (χ4v) is 12.7. The second kappa shape index (κ2) is 10.3. The molecule has 44 heavy (non-hydrogen) atoms. The molecular weight excluding hydrogens is 561 g/mol. The molecule has 3 nitrogen and oxygen atoms in total. The molecule has 6 rings (SSSR count). The van der Waals surface area contributed by atoms with E-state index in [0.29, 0.717) is 29.6 Å². The predicted octanol–water partition coefficient (Wildman–Crippen LogP) is 9.88. The number of esters is 1. The number of carbonyl (C=O) groups is 1. The minimum atomic E-state index is -4.61. The molecule has 0 bridgehead atoms. The van der Waals surface area contributed by atoms with Gasteiger partial charge in [-0.05, 0) is 135 Å². The molecule has 6 heteroatoms. The van der Waals surface area contributed by atoms with Crippen LogP contribution < -0.4 is 0 Å². The van der Waals surface area contributed by atoms with Crippen molar-refractivity contribution in [1.29, 1.82) is 0 Å². The molecule has 5 saturated carbocycles. The number of halogens is 3. The summed E-state index contributed by atoms with van der Waals surface area (Å²) in [7, 11) is 0. The molecule has 1 aromatic rings. The van der Waals surface area contributed by atoms with Crippen molar-refractivity contribution in [2.75, 3.05) is 6.61 Å². The van der Waals surface area contributed by atoms with Gasteiger partial charge in [0.1, 0.15) is 0 Å². The fraction of sp³-hybridized carbons (Fsp3) is 0.763. The minimum absolute atomic E-state index is 0.0844. The first-order valence-electron chi connectivity index (χ1n) is 17.1. The van der Waals surface area contributed by atoms with Crippen molar-refractivity contribution in [1.82, 2.24) is 0 Å². The van der Waals surface area contributed by atoms with E-state index in [9.17, 15) is 23.1 Å². The van der Waals surface area contributed by atoms with E-state index in [1.165, 1.54) is 36.6 Å². The summed E-state index contributed by atoms with van der Waals surface area (Å²) in [5.74, 6) is 1.31. The molecule has 0 heterocycles. The zero-order valence-electron chi connectivity index (χ0n) is 27.7. The molecule has 1 N–H and O–H groups in total. The van der Waals surface area contributed by atoms with Gasteiger partial charge < -0.3 is 9.84 Å². The van der Waals surface area contributed by atoms with Crippen molar-refractivity contribution in [3.8, 4) is 0 Å². The summed E-state index contributed by atoms with van der Waals surface area (Å²) in [6, 6.07) is 4.97. The standard InChI is InChI=1S/C38H53F3O3/c1-23(2)24-14-19-37(22-44-32(43)25-10-8-9-11-26(25)38(39,40)41)21-20-35(6)27(31(24)37)12-13-29-34(5)17-16-30(42)33(3,4)28(34)15-18-36(29,35)7/h8-11,24,27-31,42H,1,12-22H2,2-7H3/t24-,27+,28-,29+,30-,31+,34-,35+,36+,37+/m0/s1. The molecule has 0 aliphatic heterocycles. The molecule has 1 aromatic carbocycles. The number of aliphatic hydroxyl groups excluding tert-OH is 1. The van der Waals surface area contributed by atoms with E-state index >= 15 is 0 Å². The van der Waals surface area contributed by atoms with E-state index in [4.69, 9.17) is 4.74 Å². The molecule has 0 spiro atoms. The van der Waals surface area contributed by atoms with Crippen LogP contribution in [0.4, 0.5) is 13.2 Å². The van der Waals surface area contributed by atoms with Gasteiger partial charge in [0, 0.05) is 5.41 Å². The van der Waals surface area contributed by atoms with Gasteiger partial charge in [0.15, 0.2) is 0 Å². The first-order chi connectivity index (χ1) is 20.4. The van der Waals surface area contributed by atoms with Crippen LogP contribution in [0.3, 0.4) is 0 Å². The molecular formula is C38H53F3O3. The van der Waals surface area contributed by atoms with Crippen LogP contribution in [-0.2, 0) is 10.9 Å². The Morgan fingerprint density at radius 2 is 1.61 bits per heavy atom. The summed E-state index contributed by atoms with van der Waals surface area (Å²) in [6.07, 6.45) is 5.60. The maximum absolute atomic E-state index is 13.7. The van der Waals surface area contributed by atoms with Gasteiger partial charge in [0.25, 0.3) is 0 Å². The van der Waals surface area contributed by atoms with E-state index in [1.54, 1.807) is 0 Å². The Bertz CT molecular complexity index is 1320. The normalized spacial score (nSPS) is 44.5. The van der Waals surface area contributed by atoms with Gasteiger partial charge in [-0.2, -0.15) is 13.2 Å². The number of ether oxygens (including phenoxy) is 1. The van der Waals surface area contributed by atoms with Crippen LogP contribution in [-0.4, -0.2) is 23.8 Å². The third-order valence-corrected chi connectivity index (χ3v) is 15.2. The number of alkyl halides is 3. The zero-order chi connectivity index (χ0) is 32.1. The summed E-state index contributed by atoms with van der Waals surface area (Å²) in [5.41, 5.74) is -0.00284. The van der Waals surface area contributed by atoms with Crippen LogP contribution in [0.25, 0.3) is 0 Å². The van der Waals surface area contributed by atoms with E-state index in [0.717, 1.165) is 57.4 Å². The smallest absolute Gasteiger partial charge is 0.417 e. The van der Waals surface area contributed by atoms with E-state index in [1.807, 2.05) is 0 Å². The minimum Gasteiger partial charge on any atom is -0.461 e. The zero-order valence-corrected chi connectivity index (χ0v) is 27.7. The quantitative estimate of drug-likeness (QED) is 0.271. The van der Waals surface area contributed by atoms with Crippen LogP contribution in [0, 0.1) is 56.7 Å². The maximum atomic E-state index is 13.7. The molecule has 0 aromatic heterocycles. The Kier molecular flexibility index (Phi) is 7.55. The molecule has 5 fully saturated rings. The van der Waals surface area contributed by atoms with Gasteiger partial charge >= 0.3 is 12.1 Å². The highest BCUT2D eigenvalue weighted by Crippen LogP contribution is 2.77. The first-order valence-corrected chi connectivity index (χ1v) is 17.1. The van der Waals surface area contributed by atoms with E-state index in [2.05, 4.69) is 48.1 Å². The number of aliphatic hydroxyl groups is 1. The Morgan fingerprint density at radius 1 is 0.909 bits per heavy atom. The molecule has 10 atom stereocenters. The third kappa shape index (κ3) is 4.42.